The quantitative estimate of drug-likeness (QED) is 0.701. The zero-order valence-corrected chi connectivity index (χ0v) is 15.2. The predicted molar refractivity (Wildman–Crippen MR) is 89.9 cm³/mol. The minimum absolute atomic E-state index is 0.0879. The first-order chi connectivity index (χ1) is 10.5. The SMILES string of the molecule is CCS(=O)(=O)c1ccc(OCC(CCCO)C2CC2)c(Br)c1. The van der Waals surface area contributed by atoms with Gasteiger partial charge in [0, 0.05) is 6.61 Å². The smallest absolute Gasteiger partial charge is 0.178 e. The molecule has 0 bridgehead atoms. The Balaban J connectivity index is 2.00. The fourth-order valence-corrected chi connectivity index (χ4v) is 4.08. The third kappa shape index (κ3) is 4.70. The molecule has 0 aliphatic heterocycles. The molecule has 1 N–H and O–H groups in total. The summed E-state index contributed by atoms with van der Waals surface area (Å²) in [6.07, 6.45) is 4.27. The maximum atomic E-state index is 11.9. The first kappa shape index (κ1) is 17.8. The van der Waals surface area contributed by atoms with Gasteiger partial charge in [0.15, 0.2) is 9.84 Å². The molecular weight excluding hydrogens is 368 g/mol. The van der Waals surface area contributed by atoms with Gasteiger partial charge in [-0.15, -0.1) is 0 Å². The maximum Gasteiger partial charge on any atom is 0.178 e. The monoisotopic (exact) mass is 390 g/mol. The average Bonchev–Trinajstić information content (AvgIpc) is 3.33. The van der Waals surface area contributed by atoms with Crippen LogP contribution < -0.4 is 4.74 Å². The first-order valence-corrected chi connectivity index (χ1v) is 10.2. The van der Waals surface area contributed by atoms with Crippen LogP contribution in [0.5, 0.6) is 5.75 Å². The average molecular weight is 391 g/mol. The molecule has 1 aliphatic carbocycles. The van der Waals surface area contributed by atoms with Gasteiger partial charge in [0.1, 0.15) is 5.75 Å². The van der Waals surface area contributed by atoms with Crippen LogP contribution in [0.1, 0.15) is 32.6 Å². The molecule has 1 aliphatic rings. The van der Waals surface area contributed by atoms with Crippen LogP contribution in [0.3, 0.4) is 0 Å². The van der Waals surface area contributed by atoms with Crippen LogP contribution in [0.4, 0.5) is 0 Å². The van der Waals surface area contributed by atoms with Crippen molar-refractivity contribution in [3.63, 3.8) is 0 Å². The molecule has 0 spiro atoms. The summed E-state index contributed by atoms with van der Waals surface area (Å²) < 4.78 is 30.3. The standard InChI is InChI=1S/C16H23BrO4S/c1-2-22(19,20)14-7-8-16(15(17)10-14)21-11-13(4-3-9-18)12-5-6-12/h7-8,10,12-13,18H,2-6,9,11H2,1H3. The van der Waals surface area contributed by atoms with Crippen molar-refractivity contribution in [2.75, 3.05) is 19.0 Å². The van der Waals surface area contributed by atoms with Crippen LogP contribution >= 0.6 is 15.9 Å². The van der Waals surface area contributed by atoms with Crippen LogP contribution in [-0.2, 0) is 9.84 Å². The predicted octanol–water partition coefficient (Wildman–Crippen LogP) is 3.42. The number of ether oxygens (including phenoxy) is 1. The van der Waals surface area contributed by atoms with Crippen molar-refractivity contribution in [1.29, 1.82) is 0 Å². The largest absolute Gasteiger partial charge is 0.492 e. The van der Waals surface area contributed by atoms with Gasteiger partial charge >= 0.3 is 0 Å². The lowest BCUT2D eigenvalue weighted by Crippen LogP contribution is -2.15. The molecular formula is C16H23BrO4S. The highest BCUT2D eigenvalue weighted by Gasteiger charge is 2.31. The molecule has 0 saturated heterocycles. The summed E-state index contributed by atoms with van der Waals surface area (Å²) in [5.74, 6) is 1.94. The van der Waals surface area contributed by atoms with Crippen LogP contribution in [0, 0.1) is 11.8 Å². The van der Waals surface area contributed by atoms with E-state index in [1.165, 1.54) is 12.8 Å². The Hall–Kier alpha value is -0.590. The molecule has 6 heteroatoms. The second-order valence-corrected chi connectivity index (χ2v) is 8.90. The molecule has 1 saturated carbocycles. The number of rotatable bonds is 9. The van der Waals surface area contributed by atoms with Crippen molar-refractivity contribution in [2.24, 2.45) is 11.8 Å². The molecule has 1 atom stereocenters. The molecule has 0 heterocycles. The van der Waals surface area contributed by atoms with Gasteiger partial charge in [0.2, 0.25) is 0 Å². The third-order valence-electron chi connectivity index (χ3n) is 4.12. The lowest BCUT2D eigenvalue weighted by atomic mass is 9.99. The Labute approximate surface area is 140 Å². The van der Waals surface area contributed by atoms with E-state index in [1.807, 2.05) is 0 Å². The molecule has 2 rings (SSSR count). The van der Waals surface area contributed by atoms with Gasteiger partial charge < -0.3 is 9.84 Å². The Morgan fingerprint density at radius 1 is 1.41 bits per heavy atom. The second-order valence-electron chi connectivity index (χ2n) is 5.77. The van der Waals surface area contributed by atoms with Crippen molar-refractivity contribution in [3.05, 3.63) is 22.7 Å². The zero-order valence-electron chi connectivity index (χ0n) is 12.8. The number of halogens is 1. The lowest BCUT2D eigenvalue weighted by molar-refractivity contribution is 0.201. The number of hydrogen-bond donors (Lipinski definition) is 1. The van der Waals surface area contributed by atoms with Crippen LogP contribution in [-0.4, -0.2) is 32.5 Å². The fraction of sp³-hybridized carbons (Fsp3) is 0.625. The van der Waals surface area contributed by atoms with Gasteiger partial charge in [0.05, 0.1) is 21.7 Å². The minimum Gasteiger partial charge on any atom is -0.492 e. The van der Waals surface area contributed by atoms with E-state index >= 15 is 0 Å². The Morgan fingerprint density at radius 3 is 2.68 bits per heavy atom. The highest BCUT2D eigenvalue weighted by molar-refractivity contribution is 9.10. The molecule has 0 amide bonds. The van der Waals surface area contributed by atoms with Crippen LogP contribution in [0.25, 0.3) is 0 Å². The highest BCUT2D eigenvalue weighted by atomic mass is 79.9. The van der Waals surface area contributed by atoms with Crippen LogP contribution in [0.2, 0.25) is 0 Å². The second kappa shape index (κ2) is 7.79. The van der Waals surface area contributed by atoms with Crippen molar-refractivity contribution in [2.45, 2.75) is 37.5 Å². The number of benzene rings is 1. The summed E-state index contributed by atoms with van der Waals surface area (Å²) in [5.41, 5.74) is 0. The molecule has 1 fully saturated rings. The van der Waals surface area contributed by atoms with E-state index in [0.717, 1.165) is 12.8 Å². The summed E-state index contributed by atoms with van der Waals surface area (Å²) >= 11 is 3.39. The Kier molecular flexibility index (Phi) is 6.29. The molecule has 1 aromatic carbocycles. The van der Waals surface area contributed by atoms with Gasteiger partial charge in [0.25, 0.3) is 0 Å². The fourth-order valence-electron chi connectivity index (χ4n) is 2.53. The minimum atomic E-state index is -3.20. The number of aliphatic hydroxyl groups is 1. The number of sulfone groups is 1. The molecule has 0 radical (unpaired) electrons. The van der Waals surface area contributed by atoms with E-state index in [9.17, 15) is 8.42 Å². The lowest BCUT2D eigenvalue weighted by Gasteiger charge is -2.17. The van der Waals surface area contributed by atoms with Crippen LogP contribution in [0.15, 0.2) is 27.6 Å². The summed E-state index contributed by atoms with van der Waals surface area (Å²) in [4.78, 5) is 0.313. The zero-order chi connectivity index (χ0) is 16.2. The van der Waals surface area contributed by atoms with Crippen molar-refractivity contribution in [3.8, 4) is 5.75 Å². The number of aliphatic hydroxyl groups excluding tert-OH is 1. The van der Waals surface area contributed by atoms with Gasteiger partial charge in [-0.3, -0.25) is 0 Å². The van der Waals surface area contributed by atoms with Gasteiger partial charge in [-0.2, -0.15) is 0 Å². The van der Waals surface area contributed by atoms with E-state index in [-0.39, 0.29) is 12.4 Å². The van der Waals surface area contributed by atoms with E-state index in [2.05, 4.69) is 15.9 Å². The van der Waals surface area contributed by atoms with Crippen molar-refractivity contribution < 1.29 is 18.3 Å². The first-order valence-electron chi connectivity index (χ1n) is 7.74. The number of hydrogen-bond acceptors (Lipinski definition) is 4. The molecule has 0 aromatic heterocycles. The summed E-state index contributed by atoms with van der Waals surface area (Å²) in [6, 6.07) is 4.91. The molecule has 124 valence electrons. The van der Waals surface area contributed by atoms with E-state index in [4.69, 9.17) is 9.84 Å². The topological polar surface area (TPSA) is 63.6 Å². The third-order valence-corrected chi connectivity index (χ3v) is 6.47. The van der Waals surface area contributed by atoms with Gasteiger partial charge in [-0.1, -0.05) is 6.92 Å². The Morgan fingerprint density at radius 2 is 2.14 bits per heavy atom. The van der Waals surface area contributed by atoms with Gasteiger partial charge in [-0.05, 0) is 71.6 Å². The van der Waals surface area contributed by atoms with Crippen molar-refractivity contribution >= 4 is 25.8 Å². The normalized spacial score (nSPS) is 16.5. The summed E-state index contributed by atoms with van der Waals surface area (Å²) in [6.45, 7) is 2.47. The summed E-state index contributed by atoms with van der Waals surface area (Å²) in [5, 5.41) is 8.97. The molecule has 1 unspecified atom stereocenters. The maximum absolute atomic E-state index is 11.9. The van der Waals surface area contributed by atoms with E-state index < -0.39 is 9.84 Å². The van der Waals surface area contributed by atoms with Gasteiger partial charge in [-0.25, -0.2) is 8.42 Å². The van der Waals surface area contributed by atoms with E-state index in [0.29, 0.717) is 33.6 Å². The Bertz CT molecular complexity index is 596. The summed E-state index contributed by atoms with van der Waals surface area (Å²) in [7, 11) is -3.20. The molecule has 4 nitrogen and oxygen atoms in total. The molecule has 1 aromatic rings. The highest BCUT2D eigenvalue weighted by Crippen LogP contribution is 2.39. The van der Waals surface area contributed by atoms with E-state index in [1.54, 1.807) is 25.1 Å². The molecule has 22 heavy (non-hydrogen) atoms. The van der Waals surface area contributed by atoms with Crippen molar-refractivity contribution in [1.82, 2.24) is 0 Å².